The molecule has 1 fully saturated rings. The monoisotopic (exact) mass is 532 g/mol. The van der Waals surface area contributed by atoms with Gasteiger partial charge in [0, 0.05) is 41.5 Å². The van der Waals surface area contributed by atoms with Gasteiger partial charge in [0.2, 0.25) is 15.9 Å². The van der Waals surface area contributed by atoms with Crippen molar-refractivity contribution >= 4 is 49.9 Å². The molecule has 0 radical (unpaired) electrons. The first-order valence-electron chi connectivity index (χ1n) is 11.4. The molecule has 190 valence electrons. The number of alkyl halides is 1. The van der Waals surface area contributed by atoms with Crippen LogP contribution in [0.5, 0.6) is 0 Å². The van der Waals surface area contributed by atoms with E-state index in [4.69, 9.17) is 11.6 Å². The number of fused-ring (bicyclic) bond motifs is 1. The van der Waals surface area contributed by atoms with Gasteiger partial charge in [-0.25, -0.2) is 12.8 Å². The van der Waals surface area contributed by atoms with Gasteiger partial charge in [-0.1, -0.05) is 23.7 Å². The van der Waals surface area contributed by atoms with Gasteiger partial charge in [0.15, 0.2) is 0 Å². The molecular weight excluding hydrogens is 507 g/mol. The third-order valence-corrected chi connectivity index (χ3v) is 7.73. The first-order valence-corrected chi connectivity index (χ1v) is 13.2. The number of anilines is 1. The van der Waals surface area contributed by atoms with Crippen LogP contribution in [0.4, 0.5) is 10.1 Å². The predicted molar refractivity (Wildman–Crippen MR) is 138 cm³/mol. The van der Waals surface area contributed by atoms with E-state index in [1.54, 1.807) is 31.3 Å². The second kappa shape index (κ2) is 10.9. The Bertz CT molecular complexity index is 1420. The molecule has 0 saturated carbocycles. The summed E-state index contributed by atoms with van der Waals surface area (Å²) in [6, 6.07) is 13.2. The maximum Gasteiger partial charge on any atom is 0.251 e. The molecule has 0 bridgehead atoms. The second-order valence-corrected chi connectivity index (χ2v) is 10.6. The summed E-state index contributed by atoms with van der Waals surface area (Å²) in [6.45, 7) is 0.337. The van der Waals surface area contributed by atoms with Crippen molar-refractivity contribution in [3.05, 3.63) is 70.7 Å². The zero-order valence-electron chi connectivity index (χ0n) is 19.6. The molecule has 11 heteroatoms. The van der Waals surface area contributed by atoms with E-state index in [2.05, 4.69) is 15.4 Å². The van der Waals surface area contributed by atoms with Crippen LogP contribution in [0, 0.1) is 0 Å². The summed E-state index contributed by atoms with van der Waals surface area (Å²) >= 11 is 5.99. The van der Waals surface area contributed by atoms with E-state index >= 15 is 0 Å². The Kier molecular flexibility index (Phi) is 7.89. The molecule has 4 rings (SSSR count). The van der Waals surface area contributed by atoms with Crippen LogP contribution >= 0.6 is 11.6 Å². The van der Waals surface area contributed by atoms with E-state index in [0.717, 1.165) is 5.39 Å². The lowest BCUT2D eigenvalue weighted by Crippen LogP contribution is -2.41. The average Bonchev–Trinajstić information content (AvgIpc) is 3.22. The van der Waals surface area contributed by atoms with E-state index < -0.39 is 28.6 Å². The number of likely N-dealkylation sites (N-methyl/N-ethyl adjacent to an activating group) is 1. The summed E-state index contributed by atoms with van der Waals surface area (Å²) in [5.74, 6) is -0.824. The smallest absolute Gasteiger partial charge is 0.251 e. The number of carbonyl (C=O) groups excluding carboxylic acids is 2. The van der Waals surface area contributed by atoms with Crippen LogP contribution in [0.2, 0.25) is 5.02 Å². The molecule has 3 aromatic rings. The van der Waals surface area contributed by atoms with Gasteiger partial charge in [-0.05, 0) is 66.7 Å². The van der Waals surface area contributed by atoms with Gasteiger partial charge in [-0.3, -0.25) is 9.59 Å². The molecule has 0 spiro atoms. The molecule has 3 aromatic carbocycles. The molecule has 2 amide bonds. The predicted octanol–water partition coefficient (Wildman–Crippen LogP) is 3.00. The quantitative estimate of drug-likeness (QED) is 0.367. The van der Waals surface area contributed by atoms with Gasteiger partial charge in [0.25, 0.3) is 5.91 Å². The summed E-state index contributed by atoms with van der Waals surface area (Å²) < 4.78 is 42.4. The Morgan fingerprint density at radius 1 is 1.08 bits per heavy atom. The number of hydrogen-bond donors (Lipinski definition) is 3. The van der Waals surface area contributed by atoms with Crippen LogP contribution in [-0.2, 0) is 21.5 Å². The first kappa shape index (κ1) is 26.0. The molecule has 1 unspecified atom stereocenters. The lowest BCUT2D eigenvalue weighted by atomic mass is 10.1. The lowest BCUT2D eigenvalue weighted by Gasteiger charge is -2.20. The summed E-state index contributed by atoms with van der Waals surface area (Å²) in [4.78, 5) is 26.8. The number of rotatable bonds is 9. The van der Waals surface area contributed by atoms with Crippen LogP contribution in [0.15, 0.2) is 59.5 Å². The van der Waals surface area contributed by atoms with E-state index in [1.807, 2.05) is 0 Å². The number of hydrogen-bond acceptors (Lipinski definition) is 5. The summed E-state index contributed by atoms with van der Waals surface area (Å²) in [6.07, 6.45) is 0.221. The van der Waals surface area contributed by atoms with Crippen LogP contribution in [0.1, 0.15) is 22.3 Å². The van der Waals surface area contributed by atoms with Crippen LogP contribution in [0.3, 0.4) is 0 Å². The Labute approximate surface area is 213 Å². The highest BCUT2D eigenvalue weighted by Gasteiger charge is 2.36. The molecule has 3 N–H and O–H groups in total. The second-order valence-electron chi connectivity index (χ2n) is 8.44. The summed E-state index contributed by atoms with van der Waals surface area (Å²) in [7, 11) is -2.23. The fourth-order valence-corrected chi connectivity index (χ4v) is 5.59. The SMILES string of the molecule is CNCCNC(=O)c1ccc(N2CCC(NS(=O)(=O)c3ccc4cc(Cl)ccc4c3)C2=O)c(CF)c1. The number of carbonyl (C=O) groups is 2. The van der Waals surface area contributed by atoms with Crippen molar-refractivity contribution in [3.8, 4) is 0 Å². The van der Waals surface area contributed by atoms with Gasteiger partial charge >= 0.3 is 0 Å². The Balaban J connectivity index is 1.50. The minimum Gasteiger partial charge on any atom is -0.351 e. The van der Waals surface area contributed by atoms with Crippen molar-refractivity contribution in [1.29, 1.82) is 0 Å². The van der Waals surface area contributed by atoms with Gasteiger partial charge in [-0.2, -0.15) is 4.72 Å². The maximum absolute atomic E-state index is 13.9. The van der Waals surface area contributed by atoms with Crippen LogP contribution in [0.25, 0.3) is 10.8 Å². The maximum atomic E-state index is 13.9. The average molecular weight is 533 g/mol. The summed E-state index contributed by atoms with van der Waals surface area (Å²) in [5.41, 5.74) is 0.781. The molecule has 0 aromatic heterocycles. The van der Waals surface area contributed by atoms with Gasteiger partial charge in [0.1, 0.15) is 12.7 Å². The van der Waals surface area contributed by atoms with Gasteiger partial charge in [-0.15, -0.1) is 0 Å². The highest BCUT2D eigenvalue weighted by atomic mass is 35.5. The van der Waals surface area contributed by atoms with E-state index in [9.17, 15) is 22.4 Å². The number of benzene rings is 3. The third-order valence-electron chi connectivity index (χ3n) is 6.02. The molecule has 36 heavy (non-hydrogen) atoms. The van der Waals surface area contributed by atoms with Crippen molar-refractivity contribution in [2.24, 2.45) is 0 Å². The zero-order chi connectivity index (χ0) is 25.9. The van der Waals surface area contributed by atoms with Crippen molar-refractivity contribution in [2.45, 2.75) is 24.0 Å². The molecule has 1 saturated heterocycles. The Morgan fingerprint density at radius 2 is 1.83 bits per heavy atom. The summed E-state index contributed by atoms with van der Waals surface area (Å²) in [5, 5.41) is 7.68. The molecular formula is C25H26ClFN4O4S. The Hall–Kier alpha value is -3.05. The standard InChI is InChI=1S/C25H26ClFN4O4S/c1-28-9-10-29-24(32)18-4-7-23(19(12-18)15-27)31-11-8-22(25(31)33)30-36(34,35)21-6-3-16-13-20(26)5-2-17(16)14-21/h2-7,12-14,22,28,30H,8-11,15H2,1H3,(H,29,32). The third kappa shape index (κ3) is 5.52. The number of nitrogens with one attached hydrogen (secondary N) is 3. The van der Waals surface area contributed by atoms with Crippen molar-refractivity contribution in [3.63, 3.8) is 0 Å². The van der Waals surface area contributed by atoms with Gasteiger partial charge in [0.05, 0.1) is 4.90 Å². The highest BCUT2D eigenvalue weighted by molar-refractivity contribution is 7.89. The largest absolute Gasteiger partial charge is 0.351 e. The van der Waals surface area contributed by atoms with Crippen molar-refractivity contribution in [1.82, 2.24) is 15.4 Å². The molecule has 1 aliphatic rings. The highest BCUT2D eigenvalue weighted by Crippen LogP contribution is 2.29. The number of halogens is 2. The van der Waals surface area contributed by atoms with E-state index in [1.165, 1.54) is 35.2 Å². The number of amides is 2. The van der Waals surface area contributed by atoms with E-state index in [-0.39, 0.29) is 34.9 Å². The molecule has 1 heterocycles. The van der Waals surface area contributed by atoms with Gasteiger partial charge < -0.3 is 15.5 Å². The number of nitrogens with zero attached hydrogens (tertiary/aromatic N) is 1. The molecule has 0 aliphatic carbocycles. The normalized spacial score (nSPS) is 16.0. The van der Waals surface area contributed by atoms with Crippen LogP contribution in [-0.4, -0.2) is 53.0 Å². The van der Waals surface area contributed by atoms with E-state index in [0.29, 0.717) is 29.2 Å². The number of sulfonamides is 1. The van der Waals surface area contributed by atoms with Crippen molar-refractivity contribution in [2.75, 3.05) is 31.6 Å². The van der Waals surface area contributed by atoms with Crippen molar-refractivity contribution < 1.29 is 22.4 Å². The first-order chi connectivity index (χ1) is 17.2. The fraction of sp³-hybridized carbons (Fsp3) is 0.280. The fourth-order valence-electron chi connectivity index (χ4n) is 4.15. The van der Waals surface area contributed by atoms with Crippen LogP contribution < -0.4 is 20.3 Å². The minimum absolute atomic E-state index is 0.0293. The Morgan fingerprint density at radius 3 is 2.58 bits per heavy atom. The molecule has 1 atom stereocenters. The topological polar surface area (TPSA) is 108 Å². The zero-order valence-corrected chi connectivity index (χ0v) is 21.1. The lowest BCUT2D eigenvalue weighted by molar-refractivity contribution is -0.118. The molecule has 1 aliphatic heterocycles. The minimum atomic E-state index is -3.99. The molecule has 8 nitrogen and oxygen atoms in total.